The molecule has 0 radical (unpaired) electrons. The standard InChI is InChI=1S/C13H15ClN2O4/c1-13(5-2-6-20-13)8-15-12(17)10-7-9(14)3-4-11(10)16(18)19/h3-4,7H,2,5-6,8H2,1H3,(H,15,17). The summed E-state index contributed by atoms with van der Waals surface area (Å²) in [6.45, 7) is 2.89. The SMILES string of the molecule is CC1(CNC(=O)c2cc(Cl)ccc2[N+](=O)[O-])CCCO1. The molecule has 7 heteroatoms. The van der Waals surface area contributed by atoms with Crippen LogP contribution in [0.15, 0.2) is 18.2 Å². The summed E-state index contributed by atoms with van der Waals surface area (Å²) in [5, 5.41) is 13.9. The van der Waals surface area contributed by atoms with Crippen molar-refractivity contribution < 1.29 is 14.5 Å². The van der Waals surface area contributed by atoms with Gasteiger partial charge in [0, 0.05) is 24.2 Å². The molecule has 2 rings (SSSR count). The van der Waals surface area contributed by atoms with E-state index in [9.17, 15) is 14.9 Å². The fraction of sp³-hybridized carbons (Fsp3) is 0.462. The van der Waals surface area contributed by atoms with E-state index >= 15 is 0 Å². The van der Waals surface area contributed by atoms with Crippen LogP contribution in [0.5, 0.6) is 0 Å². The van der Waals surface area contributed by atoms with Gasteiger partial charge in [-0.15, -0.1) is 0 Å². The molecule has 0 aliphatic carbocycles. The molecule has 1 N–H and O–H groups in total. The number of rotatable bonds is 4. The number of carbonyl (C=O) groups excluding carboxylic acids is 1. The molecule has 1 aromatic rings. The summed E-state index contributed by atoms with van der Waals surface area (Å²) < 4.78 is 5.55. The Morgan fingerprint density at radius 1 is 1.60 bits per heavy atom. The first-order valence-electron chi connectivity index (χ1n) is 6.27. The monoisotopic (exact) mass is 298 g/mol. The average Bonchev–Trinajstić information content (AvgIpc) is 2.83. The zero-order valence-electron chi connectivity index (χ0n) is 11.0. The molecule has 1 amide bonds. The first-order valence-corrected chi connectivity index (χ1v) is 6.65. The maximum atomic E-state index is 12.1. The fourth-order valence-electron chi connectivity index (χ4n) is 2.19. The van der Waals surface area contributed by atoms with Gasteiger partial charge < -0.3 is 10.1 Å². The first kappa shape index (κ1) is 14.7. The maximum absolute atomic E-state index is 12.1. The van der Waals surface area contributed by atoms with Gasteiger partial charge in [-0.3, -0.25) is 14.9 Å². The van der Waals surface area contributed by atoms with Gasteiger partial charge in [-0.1, -0.05) is 11.6 Å². The van der Waals surface area contributed by atoms with Gasteiger partial charge in [0.25, 0.3) is 11.6 Å². The molecule has 1 heterocycles. The minimum atomic E-state index is -0.598. The van der Waals surface area contributed by atoms with E-state index < -0.39 is 16.4 Å². The van der Waals surface area contributed by atoms with Crippen molar-refractivity contribution >= 4 is 23.2 Å². The van der Waals surface area contributed by atoms with E-state index in [2.05, 4.69) is 5.32 Å². The molecule has 0 aromatic heterocycles. The van der Waals surface area contributed by atoms with Gasteiger partial charge in [-0.2, -0.15) is 0 Å². The number of amides is 1. The third-order valence-corrected chi connectivity index (χ3v) is 3.56. The van der Waals surface area contributed by atoms with Crippen LogP contribution >= 0.6 is 11.6 Å². The van der Waals surface area contributed by atoms with Gasteiger partial charge in [0.2, 0.25) is 0 Å². The lowest BCUT2D eigenvalue weighted by atomic mass is 10.0. The normalized spacial score (nSPS) is 21.7. The van der Waals surface area contributed by atoms with Crippen LogP contribution in [-0.4, -0.2) is 29.6 Å². The van der Waals surface area contributed by atoms with E-state index in [1.54, 1.807) is 0 Å². The fourth-order valence-corrected chi connectivity index (χ4v) is 2.36. The number of nitro benzene ring substituents is 1. The Balaban J connectivity index is 2.12. The molecule has 0 saturated carbocycles. The summed E-state index contributed by atoms with van der Waals surface area (Å²) in [7, 11) is 0. The second-order valence-corrected chi connectivity index (χ2v) is 5.44. The zero-order chi connectivity index (χ0) is 14.8. The number of benzene rings is 1. The van der Waals surface area contributed by atoms with E-state index in [0.29, 0.717) is 13.2 Å². The molecule has 20 heavy (non-hydrogen) atoms. The van der Waals surface area contributed by atoms with Crippen molar-refractivity contribution in [3.63, 3.8) is 0 Å². The molecule has 0 spiro atoms. The number of halogens is 1. The van der Waals surface area contributed by atoms with E-state index in [1.165, 1.54) is 18.2 Å². The minimum Gasteiger partial charge on any atom is -0.373 e. The zero-order valence-corrected chi connectivity index (χ0v) is 11.8. The van der Waals surface area contributed by atoms with Gasteiger partial charge >= 0.3 is 0 Å². The highest BCUT2D eigenvalue weighted by Gasteiger charge is 2.31. The van der Waals surface area contributed by atoms with Gasteiger partial charge in [0.1, 0.15) is 5.56 Å². The number of carbonyl (C=O) groups is 1. The molecule has 1 unspecified atom stereocenters. The second-order valence-electron chi connectivity index (χ2n) is 5.00. The number of nitro groups is 1. The van der Waals surface area contributed by atoms with Crippen LogP contribution in [0, 0.1) is 10.1 Å². The van der Waals surface area contributed by atoms with Crippen LogP contribution in [0.25, 0.3) is 0 Å². The summed E-state index contributed by atoms with van der Waals surface area (Å²) in [5.74, 6) is -0.518. The quantitative estimate of drug-likeness (QED) is 0.684. The Kier molecular flexibility index (Phi) is 4.25. The summed E-state index contributed by atoms with van der Waals surface area (Å²) >= 11 is 5.79. The Morgan fingerprint density at radius 2 is 2.35 bits per heavy atom. The molecule has 1 aliphatic rings. The number of nitrogens with one attached hydrogen (secondary N) is 1. The molecule has 1 aromatic carbocycles. The summed E-state index contributed by atoms with van der Waals surface area (Å²) in [5.41, 5.74) is -0.697. The molecule has 1 saturated heterocycles. The molecule has 1 fully saturated rings. The molecular formula is C13H15ClN2O4. The van der Waals surface area contributed by atoms with Crippen molar-refractivity contribution in [3.8, 4) is 0 Å². The van der Waals surface area contributed by atoms with Gasteiger partial charge in [-0.05, 0) is 31.9 Å². The van der Waals surface area contributed by atoms with Crippen LogP contribution in [0.2, 0.25) is 5.02 Å². The molecule has 1 atom stereocenters. The van der Waals surface area contributed by atoms with Gasteiger partial charge in [0.05, 0.1) is 10.5 Å². The highest BCUT2D eigenvalue weighted by atomic mass is 35.5. The average molecular weight is 299 g/mol. The second kappa shape index (κ2) is 5.76. The molecular weight excluding hydrogens is 284 g/mol. The highest BCUT2D eigenvalue weighted by molar-refractivity contribution is 6.31. The molecule has 6 nitrogen and oxygen atoms in total. The largest absolute Gasteiger partial charge is 0.373 e. The van der Waals surface area contributed by atoms with Crippen molar-refractivity contribution in [3.05, 3.63) is 38.9 Å². The first-order chi connectivity index (χ1) is 9.41. The predicted molar refractivity (Wildman–Crippen MR) is 74.0 cm³/mol. The smallest absolute Gasteiger partial charge is 0.282 e. The third kappa shape index (κ3) is 3.26. The summed E-state index contributed by atoms with van der Waals surface area (Å²) in [4.78, 5) is 22.4. The van der Waals surface area contributed by atoms with Gasteiger partial charge in [-0.25, -0.2) is 0 Å². The molecule has 108 valence electrons. The maximum Gasteiger partial charge on any atom is 0.282 e. The Labute approximate surface area is 121 Å². The lowest BCUT2D eigenvalue weighted by Gasteiger charge is -2.23. The van der Waals surface area contributed by atoms with Crippen molar-refractivity contribution in [1.29, 1.82) is 0 Å². The third-order valence-electron chi connectivity index (χ3n) is 3.32. The van der Waals surface area contributed by atoms with E-state index in [4.69, 9.17) is 16.3 Å². The Morgan fingerprint density at radius 3 is 2.95 bits per heavy atom. The number of hydrogen-bond donors (Lipinski definition) is 1. The Hall–Kier alpha value is -1.66. The van der Waals surface area contributed by atoms with Crippen LogP contribution in [0.4, 0.5) is 5.69 Å². The van der Waals surface area contributed by atoms with Gasteiger partial charge in [0.15, 0.2) is 0 Å². The Bertz CT molecular complexity index is 541. The molecule has 0 bridgehead atoms. The van der Waals surface area contributed by atoms with Crippen molar-refractivity contribution in [1.82, 2.24) is 5.32 Å². The van der Waals surface area contributed by atoms with Crippen molar-refractivity contribution in [2.24, 2.45) is 0 Å². The topological polar surface area (TPSA) is 81.5 Å². The van der Waals surface area contributed by atoms with E-state index in [1.807, 2.05) is 6.92 Å². The van der Waals surface area contributed by atoms with Crippen molar-refractivity contribution in [2.45, 2.75) is 25.4 Å². The van der Waals surface area contributed by atoms with E-state index in [-0.39, 0.29) is 16.3 Å². The lowest BCUT2D eigenvalue weighted by molar-refractivity contribution is -0.385. The predicted octanol–water partition coefficient (Wildman–Crippen LogP) is 2.55. The lowest BCUT2D eigenvalue weighted by Crippen LogP contribution is -2.40. The van der Waals surface area contributed by atoms with Crippen LogP contribution < -0.4 is 5.32 Å². The highest BCUT2D eigenvalue weighted by Crippen LogP contribution is 2.25. The summed E-state index contributed by atoms with van der Waals surface area (Å²) in [6, 6.07) is 3.91. The van der Waals surface area contributed by atoms with E-state index in [0.717, 1.165) is 12.8 Å². The van der Waals surface area contributed by atoms with Crippen LogP contribution in [0.3, 0.4) is 0 Å². The summed E-state index contributed by atoms with van der Waals surface area (Å²) in [6.07, 6.45) is 1.80. The van der Waals surface area contributed by atoms with Crippen LogP contribution in [-0.2, 0) is 4.74 Å². The van der Waals surface area contributed by atoms with Crippen molar-refractivity contribution in [2.75, 3.05) is 13.2 Å². The van der Waals surface area contributed by atoms with Crippen LogP contribution in [0.1, 0.15) is 30.1 Å². The molecule has 1 aliphatic heterocycles. The number of ether oxygens (including phenoxy) is 1. The number of hydrogen-bond acceptors (Lipinski definition) is 4. The number of nitrogens with zero attached hydrogens (tertiary/aromatic N) is 1. The minimum absolute atomic E-state index is 0.0379.